The molecule has 0 radical (unpaired) electrons. The molecule has 1 N–H and O–H groups in total. The van der Waals surface area contributed by atoms with Crippen LogP contribution in [0.4, 0.5) is 0 Å². The lowest BCUT2D eigenvalue weighted by Crippen LogP contribution is -2.30. The fraction of sp³-hybridized carbons (Fsp3) is 0.769. The molecule has 1 aliphatic rings. The van der Waals surface area contributed by atoms with Gasteiger partial charge in [-0.15, -0.1) is 0 Å². The fourth-order valence-electron chi connectivity index (χ4n) is 2.55. The molecule has 0 bridgehead atoms. The third kappa shape index (κ3) is 2.29. The van der Waals surface area contributed by atoms with E-state index in [1.54, 1.807) is 0 Å². The number of aryl methyl sites for hydroxylation is 1. The van der Waals surface area contributed by atoms with Crippen LogP contribution in [0, 0.1) is 11.8 Å². The van der Waals surface area contributed by atoms with Crippen LogP contribution in [-0.4, -0.2) is 16.3 Å². The summed E-state index contributed by atoms with van der Waals surface area (Å²) in [6.45, 7) is 8.69. The minimum Gasteiger partial charge on any atom is -0.309 e. The van der Waals surface area contributed by atoms with E-state index in [0.717, 1.165) is 24.9 Å². The Labute approximate surface area is 98.2 Å². The summed E-state index contributed by atoms with van der Waals surface area (Å²) in [6.07, 6.45) is 4.73. The average Bonchev–Trinajstić information content (AvgIpc) is 3.04. The van der Waals surface area contributed by atoms with Gasteiger partial charge in [-0.2, -0.15) is 5.10 Å². The Morgan fingerprint density at radius 1 is 1.50 bits per heavy atom. The van der Waals surface area contributed by atoms with Crippen LogP contribution in [0.5, 0.6) is 0 Å². The van der Waals surface area contributed by atoms with Crippen LogP contribution in [0.3, 0.4) is 0 Å². The van der Waals surface area contributed by atoms with Gasteiger partial charge in [0.05, 0.1) is 11.7 Å². The summed E-state index contributed by atoms with van der Waals surface area (Å²) >= 11 is 0. The van der Waals surface area contributed by atoms with Crippen molar-refractivity contribution in [2.45, 2.75) is 46.2 Å². The molecular weight excluding hydrogens is 198 g/mol. The molecule has 1 aromatic rings. The van der Waals surface area contributed by atoms with Gasteiger partial charge < -0.3 is 5.32 Å². The lowest BCUT2D eigenvalue weighted by molar-refractivity contribution is 0.335. The Balaban J connectivity index is 2.17. The number of hydrogen-bond donors (Lipinski definition) is 1. The van der Waals surface area contributed by atoms with Crippen LogP contribution < -0.4 is 5.32 Å². The standard InChI is InChI=1S/C13H23N3/c1-4-14-13(10(3)11-6-7-11)12-8-9-15-16(12)5-2/h8-11,13-14H,4-7H2,1-3H3. The van der Waals surface area contributed by atoms with E-state index in [2.05, 4.69) is 41.9 Å². The summed E-state index contributed by atoms with van der Waals surface area (Å²) in [5.74, 6) is 1.64. The Hall–Kier alpha value is -0.830. The zero-order chi connectivity index (χ0) is 11.5. The fourth-order valence-corrected chi connectivity index (χ4v) is 2.55. The summed E-state index contributed by atoms with van der Waals surface area (Å²) in [4.78, 5) is 0. The first kappa shape index (κ1) is 11.6. The topological polar surface area (TPSA) is 29.9 Å². The van der Waals surface area contributed by atoms with Gasteiger partial charge in [-0.3, -0.25) is 4.68 Å². The molecule has 16 heavy (non-hydrogen) atoms. The van der Waals surface area contributed by atoms with Crippen molar-refractivity contribution in [3.63, 3.8) is 0 Å². The smallest absolute Gasteiger partial charge is 0.0556 e. The largest absolute Gasteiger partial charge is 0.309 e. The Bertz CT molecular complexity index is 328. The Morgan fingerprint density at radius 3 is 2.81 bits per heavy atom. The molecule has 1 fully saturated rings. The Kier molecular flexibility index (Phi) is 3.64. The second-order valence-corrected chi connectivity index (χ2v) is 4.80. The molecular formula is C13H23N3. The van der Waals surface area contributed by atoms with Crippen molar-refractivity contribution in [2.24, 2.45) is 11.8 Å². The van der Waals surface area contributed by atoms with Crippen LogP contribution >= 0.6 is 0 Å². The molecule has 1 heterocycles. The van der Waals surface area contributed by atoms with E-state index >= 15 is 0 Å². The second kappa shape index (κ2) is 5.00. The molecule has 2 atom stereocenters. The zero-order valence-electron chi connectivity index (χ0n) is 10.6. The van der Waals surface area contributed by atoms with Crippen molar-refractivity contribution in [1.82, 2.24) is 15.1 Å². The maximum absolute atomic E-state index is 4.38. The number of rotatable bonds is 6. The van der Waals surface area contributed by atoms with E-state index < -0.39 is 0 Å². The van der Waals surface area contributed by atoms with Crippen molar-refractivity contribution in [2.75, 3.05) is 6.54 Å². The third-order valence-electron chi connectivity index (χ3n) is 3.68. The molecule has 3 nitrogen and oxygen atoms in total. The maximum Gasteiger partial charge on any atom is 0.0556 e. The molecule has 1 aliphatic carbocycles. The monoisotopic (exact) mass is 221 g/mol. The Morgan fingerprint density at radius 2 is 2.25 bits per heavy atom. The van der Waals surface area contributed by atoms with Gasteiger partial charge in [-0.25, -0.2) is 0 Å². The number of aromatic nitrogens is 2. The van der Waals surface area contributed by atoms with E-state index in [-0.39, 0.29) is 0 Å². The first-order valence-corrected chi connectivity index (χ1v) is 6.53. The maximum atomic E-state index is 4.38. The highest BCUT2D eigenvalue weighted by Crippen LogP contribution is 2.42. The van der Waals surface area contributed by atoms with Crippen LogP contribution in [0.1, 0.15) is 45.3 Å². The van der Waals surface area contributed by atoms with Gasteiger partial charge in [-0.1, -0.05) is 13.8 Å². The molecule has 0 aliphatic heterocycles. The van der Waals surface area contributed by atoms with Crippen LogP contribution in [0.25, 0.3) is 0 Å². The molecule has 0 saturated heterocycles. The molecule has 1 aromatic heterocycles. The van der Waals surface area contributed by atoms with Crippen molar-refractivity contribution in [3.8, 4) is 0 Å². The summed E-state index contributed by atoms with van der Waals surface area (Å²) in [5.41, 5.74) is 1.35. The highest BCUT2D eigenvalue weighted by molar-refractivity contribution is 5.10. The molecule has 2 rings (SSSR count). The average molecular weight is 221 g/mol. The second-order valence-electron chi connectivity index (χ2n) is 4.80. The van der Waals surface area contributed by atoms with Crippen LogP contribution in [0.15, 0.2) is 12.3 Å². The predicted octanol–water partition coefficient (Wildman–Crippen LogP) is 2.60. The van der Waals surface area contributed by atoms with Crippen molar-refractivity contribution < 1.29 is 0 Å². The molecule has 1 saturated carbocycles. The third-order valence-corrected chi connectivity index (χ3v) is 3.68. The van der Waals surface area contributed by atoms with Gasteiger partial charge in [-0.05, 0) is 44.2 Å². The minimum absolute atomic E-state index is 0.472. The summed E-state index contributed by atoms with van der Waals surface area (Å²) in [6, 6.07) is 2.63. The van der Waals surface area contributed by atoms with E-state index in [0.29, 0.717) is 6.04 Å². The number of nitrogens with zero attached hydrogens (tertiary/aromatic N) is 2. The summed E-state index contributed by atoms with van der Waals surface area (Å²) in [7, 11) is 0. The van der Waals surface area contributed by atoms with E-state index in [9.17, 15) is 0 Å². The first-order valence-electron chi connectivity index (χ1n) is 6.53. The molecule has 0 amide bonds. The molecule has 3 heteroatoms. The molecule has 0 spiro atoms. The van der Waals surface area contributed by atoms with E-state index in [1.165, 1.54) is 18.5 Å². The van der Waals surface area contributed by atoms with Crippen molar-refractivity contribution in [3.05, 3.63) is 18.0 Å². The van der Waals surface area contributed by atoms with Gasteiger partial charge in [0.15, 0.2) is 0 Å². The zero-order valence-corrected chi connectivity index (χ0v) is 10.6. The van der Waals surface area contributed by atoms with Gasteiger partial charge in [0.25, 0.3) is 0 Å². The number of nitrogens with one attached hydrogen (secondary N) is 1. The lowest BCUT2D eigenvalue weighted by atomic mass is 9.94. The lowest BCUT2D eigenvalue weighted by Gasteiger charge is -2.25. The van der Waals surface area contributed by atoms with Crippen molar-refractivity contribution >= 4 is 0 Å². The highest BCUT2D eigenvalue weighted by Gasteiger charge is 2.34. The van der Waals surface area contributed by atoms with Crippen LogP contribution in [-0.2, 0) is 6.54 Å². The molecule has 2 unspecified atom stereocenters. The predicted molar refractivity (Wildman–Crippen MR) is 66.2 cm³/mol. The summed E-state index contributed by atoms with van der Waals surface area (Å²) < 4.78 is 2.12. The first-order chi connectivity index (χ1) is 7.77. The van der Waals surface area contributed by atoms with E-state index in [1.807, 2.05) is 6.20 Å². The van der Waals surface area contributed by atoms with Gasteiger partial charge in [0.2, 0.25) is 0 Å². The van der Waals surface area contributed by atoms with Crippen molar-refractivity contribution in [1.29, 1.82) is 0 Å². The van der Waals surface area contributed by atoms with Gasteiger partial charge in [0.1, 0.15) is 0 Å². The van der Waals surface area contributed by atoms with Crippen LogP contribution in [0.2, 0.25) is 0 Å². The SMILES string of the molecule is CCNC(c1ccnn1CC)C(C)C1CC1. The quantitative estimate of drug-likeness (QED) is 0.800. The van der Waals surface area contributed by atoms with Gasteiger partial charge >= 0.3 is 0 Å². The highest BCUT2D eigenvalue weighted by atomic mass is 15.3. The number of hydrogen-bond acceptors (Lipinski definition) is 2. The molecule has 90 valence electrons. The normalized spacial score (nSPS) is 19.7. The van der Waals surface area contributed by atoms with E-state index in [4.69, 9.17) is 0 Å². The molecule has 0 aromatic carbocycles. The summed E-state index contributed by atoms with van der Waals surface area (Å²) in [5, 5.41) is 8.00. The van der Waals surface area contributed by atoms with Gasteiger partial charge in [0, 0.05) is 12.7 Å². The minimum atomic E-state index is 0.472.